The maximum Gasteiger partial charge on any atom is 0.151 e. The van der Waals surface area contributed by atoms with Crippen molar-refractivity contribution >= 4 is 5.78 Å². The molecule has 0 N–H and O–H groups in total. The Kier molecular flexibility index (Phi) is 2.52. The number of nitrogens with zero attached hydrogens (tertiary/aromatic N) is 1. The first-order chi connectivity index (χ1) is 7.84. The number of hydrogen-bond donors (Lipinski definition) is 0. The lowest BCUT2D eigenvalue weighted by molar-refractivity contribution is -0.119. The highest BCUT2D eigenvalue weighted by molar-refractivity contribution is 5.86. The molecule has 0 radical (unpaired) electrons. The number of fused-ring (bicyclic) bond motifs is 1. The predicted octanol–water partition coefficient (Wildman–Crippen LogP) is 2.24. The van der Waals surface area contributed by atoms with Gasteiger partial charge in [0, 0.05) is 18.5 Å². The maximum absolute atomic E-state index is 11.8. The molecule has 0 aromatic heterocycles. The van der Waals surface area contributed by atoms with Gasteiger partial charge in [-0.15, -0.1) is 0 Å². The van der Waals surface area contributed by atoms with Crippen LogP contribution < -0.4 is 0 Å². The van der Waals surface area contributed by atoms with E-state index in [1.807, 2.05) is 6.07 Å². The van der Waals surface area contributed by atoms with Gasteiger partial charge in [-0.25, -0.2) is 0 Å². The van der Waals surface area contributed by atoms with Crippen LogP contribution in [-0.2, 0) is 11.3 Å². The van der Waals surface area contributed by atoms with E-state index in [-0.39, 0.29) is 0 Å². The first-order valence-corrected chi connectivity index (χ1v) is 6.15. The number of benzene rings is 1. The summed E-state index contributed by atoms with van der Waals surface area (Å²) in [5, 5.41) is 0. The molecule has 1 heterocycles. The normalized spacial score (nSPS) is 29.6. The fourth-order valence-corrected chi connectivity index (χ4v) is 3.18. The number of rotatable bonds is 2. The molecule has 2 aliphatic rings. The second-order valence-electron chi connectivity index (χ2n) is 4.96. The van der Waals surface area contributed by atoms with Gasteiger partial charge in [-0.1, -0.05) is 36.8 Å². The molecular formula is C14H17NO. The Hall–Kier alpha value is -1.15. The van der Waals surface area contributed by atoms with Gasteiger partial charge < -0.3 is 0 Å². The van der Waals surface area contributed by atoms with E-state index >= 15 is 0 Å². The van der Waals surface area contributed by atoms with Crippen molar-refractivity contribution in [3.8, 4) is 0 Å². The summed E-state index contributed by atoms with van der Waals surface area (Å²) in [6.45, 7) is 1.61. The van der Waals surface area contributed by atoms with Crippen molar-refractivity contribution in [1.82, 2.24) is 4.90 Å². The fraction of sp³-hybridized carbons (Fsp3) is 0.500. The van der Waals surface area contributed by atoms with Crippen molar-refractivity contribution < 1.29 is 4.79 Å². The summed E-state index contributed by atoms with van der Waals surface area (Å²) in [6.07, 6.45) is 3.56. The number of carbonyl (C=O) groups is 1. The largest absolute Gasteiger partial charge is 0.298 e. The summed E-state index contributed by atoms with van der Waals surface area (Å²) in [5.74, 6) is 0.821. The molecule has 0 unspecified atom stereocenters. The molecule has 0 spiro atoms. The Morgan fingerprint density at radius 3 is 2.81 bits per heavy atom. The van der Waals surface area contributed by atoms with E-state index in [1.165, 1.54) is 18.4 Å². The van der Waals surface area contributed by atoms with E-state index < -0.39 is 0 Å². The van der Waals surface area contributed by atoms with Gasteiger partial charge in [-0.3, -0.25) is 9.69 Å². The molecule has 1 aliphatic heterocycles. The van der Waals surface area contributed by atoms with Gasteiger partial charge in [0.25, 0.3) is 0 Å². The Bertz CT molecular complexity index is 387. The van der Waals surface area contributed by atoms with E-state index in [2.05, 4.69) is 29.2 Å². The molecule has 2 atom stereocenters. The molecule has 16 heavy (non-hydrogen) atoms. The molecule has 1 aromatic carbocycles. The second kappa shape index (κ2) is 4.02. The minimum absolute atomic E-state index is 0.351. The third-order valence-corrected chi connectivity index (χ3v) is 3.95. The Morgan fingerprint density at radius 2 is 2.00 bits per heavy atom. The van der Waals surface area contributed by atoms with E-state index in [9.17, 15) is 4.79 Å². The van der Waals surface area contributed by atoms with Crippen LogP contribution in [0.4, 0.5) is 0 Å². The highest BCUT2D eigenvalue weighted by Crippen LogP contribution is 2.36. The number of Topliss-reactive ketones (excluding diaryl/α,β-unsaturated/α-hetero) is 1. The lowest BCUT2D eigenvalue weighted by Crippen LogP contribution is -2.29. The highest BCUT2D eigenvalue weighted by Gasteiger charge is 2.42. The number of likely N-dealkylation sites (tertiary alicyclic amines) is 1. The van der Waals surface area contributed by atoms with Crippen LogP contribution in [0.3, 0.4) is 0 Å². The fourth-order valence-electron chi connectivity index (χ4n) is 3.18. The SMILES string of the molecule is O=C1CN(Cc2ccccc2)[C@@H]2CCC[C@H]12. The highest BCUT2D eigenvalue weighted by atomic mass is 16.1. The zero-order valence-corrected chi connectivity index (χ0v) is 9.43. The molecule has 1 aromatic rings. The molecular weight excluding hydrogens is 198 g/mol. The molecule has 2 nitrogen and oxygen atoms in total. The summed E-state index contributed by atoms with van der Waals surface area (Å²) in [5.41, 5.74) is 1.32. The van der Waals surface area contributed by atoms with Crippen LogP contribution >= 0.6 is 0 Å². The number of hydrogen-bond acceptors (Lipinski definition) is 2. The van der Waals surface area contributed by atoms with Crippen molar-refractivity contribution in [2.45, 2.75) is 31.8 Å². The average Bonchev–Trinajstić information content (AvgIpc) is 2.87. The third-order valence-electron chi connectivity index (χ3n) is 3.95. The molecule has 84 valence electrons. The number of carbonyl (C=O) groups excluding carboxylic acids is 1. The predicted molar refractivity (Wildman–Crippen MR) is 63.0 cm³/mol. The summed E-state index contributed by atoms with van der Waals surface area (Å²) in [7, 11) is 0. The Balaban J connectivity index is 1.74. The molecule has 1 aliphatic carbocycles. The zero-order chi connectivity index (χ0) is 11.0. The van der Waals surface area contributed by atoms with Gasteiger partial charge in [-0.05, 0) is 18.4 Å². The minimum Gasteiger partial charge on any atom is -0.298 e. The molecule has 1 saturated heterocycles. The van der Waals surface area contributed by atoms with Crippen molar-refractivity contribution in [3.63, 3.8) is 0 Å². The van der Waals surface area contributed by atoms with Crippen LogP contribution in [0.25, 0.3) is 0 Å². The van der Waals surface area contributed by atoms with Crippen molar-refractivity contribution in [3.05, 3.63) is 35.9 Å². The quantitative estimate of drug-likeness (QED) is 0.754. The summed E-state index contributed by atoms with van der Waals surface area (Å²) < 4.78 is 0. The van der Waals surface area contributed by atoms with E-state index in [4.69, 9.17) is 0 Å². The molecule has 3 rings (SSSR count). The number of ketones is 1. The maximum atomic E-state index is 11.8. The first-order valence-electron chi connectivity index (χ1n) is 6.15. The molecule has 1 saturated carbocycles. The molecule has 2 fully saturated rings. The van der Waals surface area contributed by atoms with Gasteiger partial charge in [-0.2, -0.15) is 0 Å². The van der Waals surface area contributed by atoms with Gasteiger partial charge in [0.2, 0.25) is 0 Å². The molecule has 2 heteroatoms. The smallest absolute Gasteiger partial charge is 0.151 e. The van der Waals surface area contributed by atoms with Gasteiger partial charge in [0.1, 0.15) is 0 Å². The van der Waals surface area contributed by atoms with Crippen LogP contribution in [-0.4, -0.2) is 23.3 Å². The standard InChI is InChI=1S/C14H17NO/c16-14-10-15(13-8-4-7-12(13)14)9-11-5-2-1-3-6-11/h1-3,5-6,12-13H,4,7-10H2/t12-,13+/m0/s1. The van der Waals surface area contributed by atoms with Crippen LogP contribution in [0.15, 0.2) is 30.3 Å². The Morgan fingerprint density at radius 1 is 1.19 bits per heavy atom. The second-order valence-corrected chi connectivity index (χ2v) is 4.96. The van der Waals surface area contributed by atoms with E-state index in [0.717, 1.165) is 13.0 Å². The lowest BCUT2D eigenvalue weighted by atomic mass is 10.0. The molecule has 0 bridgehead atoms. The van der Waals surface area contributed by atoms with Crippen molar-refractivity contribution in [1.29, 1.82) is 0 Å². The van der Waals surface area contributed by atoms with E-state index in [0.29, 0.717) is 24.3 Å². The van der Waals surface area contributed by atoms with Gasteiger partial charge >= 0.3 is 0 Å². The molecule has 0 amide bonds. The van der Waals surface area contributed by atoms with Crippen molar-refractivity contribution in [2.75, 3.05) is 6.54 Å². The first kappa shape index (κ1) is 10.0. The monoisotopic (exact) mass is 215 g/mol. The Labute approximate surface area is 96.3 Å². The average molecular weight is 215 g/mol. The van der Waals surface area contributed by atoms with Crippen LogP contribution in [0.5, 0.6) is 0 Å². The topological polar surface area (TPSA) is 20.3 Å². The third kappa shape index (κ3) is 1.67. The van der Waals surface area contributed by atoms with Crippen LogP contribution in [0.1, 0.15) is 24.8 Å². The van der Waals surface area contributed by atoms with E-state index in [1.54, 1.807) is 0 Å². The minimum atomic E-state index is 0.351. The van der Waals surface area contributed by atoms with Crippen molar-refractivity contribution in [2.24, 2.45) is 5.92 Å². The van der Waals surface area contributed by atoms with Crippen LogP contribution in [0, 0.1) is 5.92 Å². The van der Waals surface area contributed by atoms with Crippen LogP contribution in [0.2, 0.25) is 0 Å². The summed E-state index contributed by atoms with van der Waals surface area (Å²) >= 11 is 0. The summed E-state index contributed by atoms with van der Waals surface area (Å²) in [6, 6.07) is 11.0. The zero-order valence-electron chi connectivity index (χ0n) is 9.43. The summed E-state index contributed by atoms with van der Waals surface area (Å²) in [4.78, 5) is 14.2. The lowest BCUT2D eigenvalue weighted by Gasteiger charge is -2.22. The van der Waals surface area contributed by atoms with Gasteiger partial charge in [0.15, 0.2) is 5.78 Å². The van der Waals surface area contributed by atoms with Gasteiger partial charge in [0.05, 0.1) is 6.54 Å².